The molecule has 0 saturated carbocycles. The molecule has 1 aliphatic heterocycles. The van der Waals surface area contributed by atoms with Crippen molar-refractivity contribution in [2.24, 2.45) is 0 Å². The summed E-state index contributed by atoms with van der Waals surface area (Å²) in [6.45, 7) is 0.871. The molecule has 0 spiro atoms. The van der Waals surface area contributed by atoms with Crippen LogP contribution >= 0.6 is 11.8 Å². The summed E-state index contributed by atoms with van der Waals surface area (Å²) >= 11 is 1.45. The number of carboxylic acid groups (broad SMARTS) is 1. The van der Waals surface area contributed by atoms with Crippen LogP contribution in [0.5, 0.6) is 0 Å². The van der Waals surface area contributed by atoms with Gasteiger partial charge in [0.15, 0.2) is 6.29 Å². The van der Waals surface area contributed by atoms with E-state index in [1.165, 1.54) is 23.9 Å². The van der Waals surface area contributed by atoms with Gasteiger partial charge in [-0.15, -0.1) is 11.8 Å². The average molecular weight is 389 g/mol. The lowest BCUT2D eigenvalue weighted by Crippen LogP contribution is -2.11. The monoisotopic (exact) mass is 389 g/mol. The molecule has 1 heterocycles. The van der Waals surface area contributed by atoms with Crippen LogP contribution < -0.4 is 0 Å². The van der Waals surface area contributed by atoms with Crippen molar-refractivity contribution in [2.45, 2.75) is 17.3 Å². The zero-order valence-corrected chi connectivity index (χ0v) is 15.3. The highest BCUT2D eigenvalue weighted by Crippen LogP contribution is 2.34. The number of hydrogen-bond donors (Lipinski definition) is 1. The molecule has 1 fully saturated rings. The maximum Gasteiger partial charge on any atom is 0.335 e. The largest absolute Gasteiger partial charge is 0.478 e. The second-order valence-corrected chi connectivity index (χ2v) is 7.25. The molecule has 1 aliphatic rings. The van der Waals surface area contributed by atoms with Crippen LogP contribution in [-0.4, -0.2) is 35.8 Å². The molecule has 1 atom stereocenters. The quantitative estimate of drug-likeness (QED) is 0.543. The van der Waals surface area contributed by atoms with Gasteiger partial charge in [0.25, 0.3) is 0 Å². The van der Waals surface area contributed by atoms with E-state index < -0.39 is 12.3 Å². The van der Waals surface area contributed by atoms with Crippen molar-refractivity contribution in [2.75, 3.05) is 19.8 Å². The van der Waals surface area contributed by atoms with Crippen LogP contribution in [-0.2, 0) is 15.2 Å². The number of hydrogen-bond acceptors (Lipinski definition) is 6. The zero-order valence-electron chi connectivity index (χ0n) is 14.4. The maximum absolute atomic E-state index is 11.1. The highest BCUT2D eigenvalue weighted by Gasteiger charge is 2.23. The molecule has 7 nitrogen and oxygen atoms in total. The van der Waals surface area contributed by atoms with E-state index in [9.17, 15) is 14.9 Å². The molecule has 2 aromatic carbocycles. The average Bonchev–Trinajstić information content (AvgIpc) is 3.20. The SMILES string of the molecule is O=C(O)c1ccc(CSC(C[N+](=O)[O-])c2cccc(C3OCCO3)c2)cc1. The van der Waals surface area contributed by atoms with Crippen molar-refractivity contribution >= 4 is 17.7 Å². The molecule has 1 saturated heterocycles. The molecular weight excluding hydrogens is 370 g/mol. The lowest BCUT2D eigenvalue weighted by Gasteiger charge is -2.16. The van der Waals surface area contributed by atoms with Crippen LogP contribution in [0, 0.1) is 10.1 Å². The molecule has 0 amide bonds. The number of aromatic carboxylic acids is 1. The van der Waals surface area contributed by atoms with Gasteiger partial charge in [0, 0.05) is 16.2 Å². The number of thioether (sulfide) groups is 1. The molecule has 2 aromatic rings. The Balaban J connectivity index is 1.72. The van der Waals surface area contributed by atoms with Gasteiger partial charge >= 0.3 is 5.97 Å². The number of nitro groups is 1. The smallest absolute Gasteiger partial charge is 0.335 e. The molecular formula is C19H19NO6S. The van der Waals surface area contributed by atoms with E-state index in [0.29, 0.717) is 19.0 Å². The van der Waals surface area contributed by atoms with Crippen LogP contribution in [0.3, 0.4) is 0 Å². The second kappa shape index (κ2) is 8.98. The number of rotatable bonds is 8. The summed E-state index contributed by atoms with van der Waals surface area (Å²) in [7, 11) is 0. The predicted octanol–water partition coefficient (Wildman–Crippen LogP) is 3.68. The van der Waals surface area contributed by atoms with Crippen LogP contribution in [0.1, 0.15) is 38.6 Å². The molecule has 3 rings (SSSR count). The van der Waals surface area contributed by atoms with Crippen LogP contribution in [0.15, 0.2) is 48.5 Å². The van der Waals surface area contributed by atoms with Gasteiger partial charge in [-0.25, -0.2) is 4.79 Å². The zero-order chi connectivity index (χ0) is 19.2. The third-order valence-corrected chi connectivity index (χ3v) is 5.47. The number of carbonyl (C=O) groups is 1. The number of benzene rings is 2. The summed E-state index contributed by atoms with van der Waals surface area (Å²) in [6.07, 6.45) is -0.422. The van der Waals surface area contributed by atoms with Gasteiger partial charge in [-0.1, -0.05) is 30.3 Å². The fourth-order valence-corrected chi connectivity index (χ4v) is 3.94. The number of carboxylic acids is 1. The van der Waals surface area contributed by atoms with Crippen molar-refractivity contribution < 1.29 is 24.3 Å². The lowest BCUT2D eigenvalue weighted by atomic mass is 10.1. The van der Waals surface area contributed by atoms with E-state index in [0.717, 1.165) is 16.7 Å². The molecule has 142 valence electrons. The Hall–Kier alpha value is -2.42. The first-order valence-corrected chi connectivity index (χ1v) is 9.46. The summed E-state index contributed by atoms with van der Waals surface area (Å²) in [5.74, 6) is -0.437. The van der Waals surface area contributed by atoms with Crippen LogP contribution in [0.2, 0.25) is 0 Å². The molecule has 1 N–H and O–H groups in total. The number of ether oxygens (including phenoxy) is 2. The Bertz CT molecular complexity index is 804. The van der Waals surface area contributed by atoms with Gasteiger partial charge in [-0.3, -0.25) is 10.1 Å². The normalized spacial score (nSPS) is 15.6. The van der Waals surface area contributed by atoms with Crippen LogP contribution in [0.4, 0.5) is 0 Å². The third-order valence-electron chi connectivity index (χ3n) is 4.14. The molecule has 8 heteroatoms. The fourth-order valence-electron chi connectivity index (χ4n) is 2.79. The van der Waals surface area contributed by atoms with Gasteiger partial charge < -0.3 is 14.6 Å². The van der Waals surface area contributed by atoms with Gasteiger partial charge in [0.05, 0.1) is 24.0 Å². The van der Waals surface area contributed by atoms with E-state index in [4.69, 9.17) is 14.6 Å². The Morgan fingerprint density at radius 2 is 1.93 bits per heavy atom. The molecule has 0 radical (unpaired) electrons. The minimum Gasteiger partial charge on any atom is -0.478 e. The standard InChI is InChI=1S/C19H19NO6S/c21-18(22)14-6-4-13(5-7-14)12-27-17(11-20(23)24)15-2-1-3-16(10-15)19-25-8-9-26-19/h1-7,10,17,19H,8-9,11-12H2,(H,21,22). The van der Waals surface area contributed by atoms with E-state index >= 15 is 0 Å². The predicted molar refractivity (Wildman–Crippen MR) is 100 cm³/mol. The lowest BCUT2D eigenvalue weighted by molar-refractivity contribution is -0.479. The molecule has 0 aromatic heterocycles. The van der Waals surface area contributed by atoms with E-state index in [1.807, 2.05) is 24.3 Å². The number of nitrogens with zero attached hydrogens (tertiary/aromatic N) is 1. The first-order valence-electron chi connectivity index (χ1n) is 8.41. The van der Waals surface area contributed by atoms with Crippen molar-refractivity contribution in [1.82, 2.24) is 0 Å². The summed E-state index contributed by atoms with van der Waals surface area (Å²) < 4.78 is 11.0. The van der Waals surface area contributed by atoms with Gasteiger partial charge in [-0.2, -0.15) is 0 Å². The Kier molecular flexibility index (Phi) is 6.44. The first kappa shape index (κ1) is 19.3. The highest BCUT2D eigenvalue weighted by molar-refractivity contribution is 7.98. The van der Waals surface area contributed by atoms with E-state index in [1.54, 1.807) is 12.1 Å². The van der Waals surface area contributed by atoms with Gasteiger partial charge in [-0.05, 0) is 29.3 Å². The van der Waals surface area contributed by atoms with Crippen LogP contribution in [0.25, 0.3) is 0 Å². The molecule has 0 bridgehead atoms. The summed E-state index contributed by atoms with van der Waals surface area (Å²) in [4.78, 5) is 21.7. The summed E-state index contributed by atoms with van der Waals surface area (Å²) in [6, 6.07) is 14.0. The fraction of sp³-hybridized carbons (Fsp3) is 0.316. The van der Waals surface area contributed by atoms with E-state index in [-0.39, 0.29) is 22.3 Å². The molecule has 27 heavy (non-hydrogen) atoms. The Morgan fingerprint density at radius 3 is 2.56 bits per heavy atom. The Morgan fingerprint density at radius 1 is 1.22 bits per heavy atom. The highest BCUT2D eigenvalue weighted by atomic mass is 32.2. The van der Waals surface area contributed by atoms with Crippen molar-refractivity contribution in [1.29, 1.82) is 0 Å². The minimum atomic E-state index is -0.978. The second-order valence-electron chi connectivity index (χ2n) is 6.06. The van der Waals surface area contributed by atoms with Crippen molar-refractivity contribution in [3.63, 3.8) is 0 Å². The van der Waals surface area contributed by atoms with E-state index in [2.05, 4.69) is 0 Å². The maximum atomic E-state index is 11.1. The van der Waals surface area contributed by atoms with Gasteiger partial charge in [0.1, 0.15) is 0 Å². The topological polar surface area (TPSA) is 98.9 Å². The van der Waals surface area contributed by atoms with Crippen molar-refractivity contribution in [3.05, 3.63) is 80.9 Å². The van der Waals surface area contributed by atoms with Crippen molar-refractivity contribution in [3.8, 4) is 0 Å². The third kappa shape index (κ3) is 5.29. The first-order chi connectivity index (χ1) is 13.0. The Labute approximate surface area is 160 Å². The summed E-state index contributed by atoms with van der Waals surface area (Å²) in [5.41, 5.74) is 2.83. The summed E-state index contributed by atoms with van der Waals surface area (Å²) in [5, 5.41) is 19.8. The molecule has 0 aliphatic carbocycles. The minimum absolute atomic E-state index is 0.201. The van der Waals surface area contributed by atoms with Gasteiger partial charge in [0.2, 0.25) is 6.54 Å². The molecule has 1 unspecified atom stereocenters.